The first-order valence-electron chi connectivity index (χ1n) is 6.96. The maximum Gasteiger partial charge on any atom is 0.410 e. The van der Waals surface area contributed by atoms with Crippen LogP contribution in [0, 0.1) is 0 Å². The van der Waals surface area contributed by atoms with Crippen LogP contribution in [0.15, 0.2) is 18.2 Å². The molecule has 0 fully saturated rings. The summed E-state index contributed by atoms with van der Waals surface area (Å²) in [6.45, 7) is 5.77. The Kier molecular flexibility index (Phi) is 6.69. The topological polar surface area (TPSA) is 46.6 Å². The van der Waals surface area contributed by atoms with Gasteiger partial charge in [-0.25, -0.2) is 4.79 Å². The summed E-state index contributed by atoms with van der Waals surface area (Å²) in [5.74, 6) is -0.162. The van der Waals surface area contributed by atoms with Crippen LogP contribution in [0.5, 0.6) is 0 Å². The molecule has 6 heteroatoms. The van der Waals surface area contributed by atoms with Gasteiger partial charge in [0.05, 0.1) is 10.0 Å². The molecule has 0 saturated carbocycles. The number of benzene rings is 1. The van der Waals surface area contributed by atoms with E-state index in [0.717, 1.165) is 11.8 Å². The lowest BCUT2D eigenvalue weighted by atomic mass is 9.96. The van der Waals surface area contributed by atoms with E-state index in [1.165, 1.54) is 4.90 Å². The molecule has 0 aromatic heterocycles. The first-order chi connectivity index (χ1) is 10.1. The van der Waals surface area contributed by atoms with Crippen molar-refractivity contribution in [2.45, 2.75) is 38.7 Å². The van der Waals surface area contributed by atoms with E-state index in [1.807, 2.05) is 6.07 Å². The summed E-state index contributed by atoms with van der Waals surface area (Å²) in [5, 5.41) is 0.880. The summed E-state index contributed by atoms with van der Waals surface area (Å²) in [4.78, 5) is 24.4. The average Bonchev–Trinajstić information content (AvgIpc) is 2.39. The summed E-state index contributed by atoms with van der Waals surface area (Å²) in [6, 6.07) is 5.22. The molecular formula is C16H21Cl2NO3. The number of hydrogen-bond donors (Lipinski definition) is 0. The van der Waals surface area contributed by atoms with E-state index in [2.05, 4.69) is 0 Å². The van der Waals surface area contributed by atoms with Crippen molar-refractivity contribution < 1.29 is 14.3 Å². The van der Waals surface area contributed by atoms with Gasteiger partial charge in [-0.15, -0.1) is 0 Å². The van der Waals surface area contributed by atoms with Gasteiger partial charge in [-0.1, -0.05) is 29.3 Å². The number of aldehydes is 1. The third kappa shape index (κ3) is 5.85. The molecule has 0 heterocycles. The van der Waals surface area contributed by atoms with Gasteiger partial charge in [0.2, 0.25) is 0 Å². The minimum absolute atomic E-state index is 0.162. The van der Waals surface area contributed by atoms with Gasteiger partial charge in [-0.2, -0.15) is 0 Å². The molecule has 122 valence electrons. The normalized spacial score (nSPS) is 12.6. The summed E-state index contributed by atoms with van der Waals surface area (Å²) < 4.78 is 5.31. The highest BCUT2D eigenvalue weighted by molar-refractivity contribution is 6.42. The number of halogens is 2. The van der Waals surface area contributed by atoms with E-state index in [1.54, 1.807) is 40.0 Å². The molecule has 0 aliphatic heterocycles. The number of amides is 1. The van der Waals surface area contributed by atoms with Gasteiger partial charge >= 0.3 is 6.09 Å². The Morgan fingerprint density at radius 1 is 1.32 bits per heavy atom. The Labute approximate surface area is 141 Å². The molecule has 0 unspecified atom stereocenters. The summed E-state index contributed by atoms with van der Waals surface area (Å²) in [7, 11) is 1.64. The lowest BCUT2D eigenvalue weighted by Crippen LogP contribution is -2.36. The lowest BCUT2D eigenvalue weighted by molar-refractivity contribution is -0.108. The van der Waals surface area contributed by atoms with Gasteiger partial charge in [0, 0.05) is 25.9 Å². The van der Waals surface area contributed by atoms with Gasteiger partial charge in [0.15, 0.2) is 0 Å². The third-order valence-electron chi connectivity index (χ3n) is 3.00. The van der Waals surface area contributed by atoms with Crippen LogP contribution in [0.2, 0.25) is 10.0 Å². The fourth-order valence-corrected chi connectivity index (χ4v) is 2.25. The van der Waals surface area contributed by atoms with Crippen molar-refractivity contribution in [3.05, 3.63) is 33.8 Å². The van der Waals surface area contributed by atoms with E-state index < -0.39 is 11.7 Å². The Morgan fingerprint density at radius 2 is 1.95 bits per heavy atom. The number of carbonyl (C=O) groups is 2. The van der Waals surface area contributed by atoms with E-state index in [9.17, 15) is 9.59 Å². The van der Waals surface area contributed by atoms with E-state index in [0.29, 0.717) is 16.6 Å². The van der Waals surface area contributed by atoms with E-state index in [-0.39, 0.29) is 12.3 Å². The Hall–Kier alpha value is -1.26. The first kappa shape index (κ1) is 18.8. The zero-order valence-corrected chi connectivity index (χ0v) is 14.7. The Bertz CT molecular complexity index is 541. The monoisotopic (exact) mass is 345 g/mol. The molecule has 1 aromatic carbocycles. The standard InChI is InChI=1S/C16H21Cl2NO3/c1-16(2,3)22-15(21)19(4)10-12(7-8-20)11-5-6-13(17)14(18)9-11/h5-6,8-9,12H,7,10H2,1-4H3/t12-/m1/s1. The van der Waals surface area contributed by atoms with Crippen molar-refractivity contribution in [3.63, 3.8) is 0 Å². The molecule has 0 spiro atoms. The maximum atomic E-state index is 12.0. The molecule has 1 amide bonds. The molecule has 1 aromatic rings. The number of carbonyl (C=O) groups excluding carboxylic acids is 2. The highest BCUT2D eigenvalue weighted by atomic mass is 35.5. The maximum absolute atomic E-state index is 12.0. The zero-order valence-electron chi connectivity index (χ0n) is 13.2. The largest absolute Gasteiger partial charge is 0.444 e. The number of hydrogen-bond acceptors (Lipinski definition) is 3. The van der Waals surface area contributed by atoms with Gasteiger partial charge in [-0.3, -0.25) is 0 Å². The molecule has 0 aliphatic carbocycles. The average molecular weight is 346 g/mol. The Morgan fingerprint density at radius 3 is 2.45 bits per heavy atom. The molecule has 4 nitrogen and oxygen atoms in total. The van der Waals surface area contributed by atoms with Crippen LogP contribution >= 0.6 is 23.2 Å². The van der Waals surface area contributed by atoms with E-state index in [4.69, 9.17) is 27.9 Å². The highest BCUT2D eigenvalue weighted by Gasteiger charge is 2.23. The fourth-order valence-electron chi connectivity index (χ4n) is 1.94. The summed E-state index contributed by atoms with van der Waals surface area (Å²) >= 11 is 11.9. The molecule has 22 heavy (non-hydrogen) atoms. The van der Waals surface area contributed by atoms with Crippen LogP contribution in [-0.2, 0) is 9.53 Å². The van der Waals surface area contributed by atoms with Crippen LogP contribution in [0.4, 0.5) is 4.79 Å². The van der Waals surface area contributed by atoms with Crippen molar-refractivity contribution >= 4 is 35.6 Å². The van der Waals surface area contributed by atoms with Crippen molar-refractivity contribution in [1.82, 2.24) is 4.90 Å². The smallest absolute Gasteiger partial charge is 0.410 e. The number of nitrogens with zero attached hydrogens (tertiary/aromatic N) is 1. The first-order valence-corrected chi connectivity index (χ1v) is 7.72. The van der Waals surface area contributed by atoms with Crippen LogP contribution in [0.3, 0.4) is 0 Å². The minimum Gasteiger partial charge on any atom is -0.444 e. The molecule has 0 N–H and O–H groups in total. The number of ether oxygens (including phenoxy) is 1. The van der Waals surface area contributed by atoms with Crippen molar-refractivity contribution in [3.8, 4) is 0 Å². The third-order valence-corrected chi connectivity index (χ3v) is 3.73. The molecule has 0 radical (unpaired) electrons. The quantitative estimate of drug-likeness (QED) is 0.736. The lowest BCUT2D eigenvalue weighted by Gasteiger charge is -2.27. The summed E-state index contributed by atoms with van der Waals surface area (Å²) in [5.41, 5.74) is 0.298. The molecule has 1 rings (SSSR count). The molecule has 0 saturated heterocycles. The van der Waals surface area contributed by atoms with Crippen LogP contribution in [0.1, 0.15) is 38.7 Å². The molecule has 0 aliphatic rings. The van der Waals surface area contributed by atoms with Crippen LogP contribution < -0.4 is 0 Å². The fraction of sp³-hybridized carbons (Fsp3) is 0.500. The molecular weight excluding hydrogens is 325 g/mol. The van der Waals surface area contributed by atoms with Gasteiger partial charge in [0.1, 0.15) is 11.9 Å². The second-order valence-corrected chi connectivity index (χ2v) is 6.95. The van der Waals surface area contributed by atoms with Crippen molar-refractivity contribution in [2.24, 2.45) is 0 Å². The SMILES string of the molecule is CN(C[C@@H](CC=O)c1ccc(Cl)c(Cl)c1)C(=O)OC(C)(C)C. The van der Waals surface area contributed by atoms with Crippen LogP contribution in [-0.4, -0.2) is 36.5 Å². The second kappa shape index (κ2) is 7.84. The predicted molar refractivity (Wildman–Crippen MR) is 88.7 cm³/mol. The molecule has 0 bridgehead atoms. The number of rotatable bonds is 5. The highest BCUT2D eigenvalue weighted by Crippen LogP contribution is 2.28. The van der Waals surface area contributed by atoms with Crippen molar-refractivity contribution in [2.75, 3.05) is 13.6 Å². The predicted octanol–water partition coefficient (Wildman–Crippen LogP) is 4.53. The second-order valence-electron chi connectivity index (χ2n) is 6.13. The molecule has 1 atom stereocenters. The van der Waals surface area contributed by atoms with Crippen LogP contribution in [0.25, 0.3) is 0 Å². The van der Waals surface area contributed by atoms with Gasteiger partial charge < -0.3 is 14.4 Å². The minimum atomic E-state index is -0.560. The van der Waals surface area contributed by atoms with Crippen molar-refractivity contribution in [1.29, 1.82) is 0 Å². The van der Waals surface area contributed by atoms with E-state index >= 15 is 0 Å². The van der Waals surface area contributed by atoms with Gasteiger partial charge in [0.25, 0.3) is 0 Å². The zero-order chi connectivity index (χ0) is 16.9. The summed E-state index contributed by atoms with van der Waals surface area (Å²) in [6.07, 6.45) is 0.685. The van der Waals surface area contributed by atoms with Gasteiger partial charge in [-0.05, 0) is 38.5 Å². The Balaban J connectivity index is 2.85. The number of likely N-dealkylation sites (N-methyl/N-ethyl adjacent to an activating group) is 1.